The molecule has 0 aromatic heterocycles. The number of carbonyl (C=O) groups excluding carboxylic acids is 1. The first-order chi connectivity index (χ1) is 22.0. The third-order valence-electron chi connectivity index (χ3n) is 7.29. The Morgan fingerprint density at radius 1 is 0.761 bits per heavy atom. The second-order valence-corrected chi connectivity index (χ2v) is 11.5. The van der Waals surface area contributed by atoms with Gasteiger partial charge in [-0.1, -0.05) is 48.5 Å². The van der Waals surface area contributed by atoms with E-state index in [1.807, 2.05) is 12.1 Å². The van der Waals surface area contributed by atoms with Crippen molar-refractivity contribution < 1.29 is 51.2 Å². The summed E-state index contributed by atoms with van der Waals surface area (Å²) >= 11 is 1.49. The number of rotatable bonds is 10. The molecule has 7 nitrogen and oxygen atoms in total. The highest BCUT2D eigenvalue weighted by Crippen LogP contribution is 2.39. The number of hydrogen-bond donors (Lipinski definition) is 3. The molecular formula is C33H26F5NO6S. The maximum absolute atomic E-state index is 14.0. The van der Waals surface area contributed by atoms with Gasteiger partial charge < -0.3 is 25.0 Å². The van der Waals surface area contributed by atoms with Gasteiger partial charge in [-0.25, -0.2) is 26.7 Å². The molecule has 4 aromatic rings. The van der Waals surface area contributed by atoms with E-state index in [9.17, 15) is 36.6 Å². The molecule has 46 heavy (non-hydrogen) atoms. The standard InChI is InChI=1S/C33H26F5NO6S/c34-26-25(27(35)29(37)30(38)28(26)36)31(41)39-14-17-1-7-21(8-2-17)33-44-22(16-46-23-11-9-20(10-12-23)32(42)43)13-24(45-33)19-5-3-18(15-40)4-6-19/h1-12,22,24,33,40H,13-16H2,(H,39,41)(H,42,43)/t22-,24+,33+/m1/s1. The van der Waals surface area contributed by atoms with Crippen LogP contribution in [0.4, 0.5) is 22.0 Å². The molecule has 5 rings (SSSR count). The van der Waals surface area contributed by atoms with Crippen molar-refractivity contribution in [3.63, 3.8) is 0 Å². The number of thioether (sulfide) groups is 1. The predicted octanol–water partition coefficient (Wildman–Crippen LogP) is 6.84. The molecule has 1 aliphatic heterocycles. The lowest BCUT2D eigenvalue weighted by molar-refractivity contribution is -0.245. The molecule has 4 aromatic carbocycles. The van der Waals surface area contributed by atoms with Gasteiger partial charge in [0.05, 0.1) is 24.4 Å². The number of nitrogens with one attached hydrogen (secondary N) is 1. The molecule has 3 atom stereocenters. The van der Waals surface area contributed by atoms with Crippen LogP contribution in [0.1, 0.15) is 61.8 Å². The third-order valence-corrected chi connectivity index (χ3v) is 8.44. The van der Waals surface area contributed by atoms with Crippen LogP contribution in [0.2, 0.25) is 0 Å². The zero-order valence-corrected chi connectivity index (χ0v) is 24.6. The average molecular weight is 660 g/mol. The molecule has 13 heteroatoms. The van der Waals surface area contributed by atoms with Crippen molar-refractivity contribution >= 4 is 23.6 Å². The van der Waals surface area contributed by atoms with Gasteiger partial charge in [0, 0.05) is 29.2 Å². The normalized spacial score (nSPS) is 17.9. The lowest BCUT2D eigenvalue weighted by Gasteiger charge is -2.36. The monoisotopic (exact) mass is 659 g/mol. The van der Waals surface area contributed by atoms with Gasteiger partial charge in [-0.3, -0.25) is 4.79 Å². The molecule has 0 saturated carbocycles. The van der Waals surface area contributed by atoms with Crippen LogP contribution in [0.25, 0.3) is 0 Å². The number of halogens is 5. The van der Waals surface area contributed by atoms with Gasteiger partial charge in [0.2, 0.25) is 5.82 Å². The van der Waals surface area contributed by atoms with Gasteiger partial charge in [-0.15, -0.1) is 11.8 Å². The molecule has 3 N–H and O–H groups in total. The highest BCUT2D eigenvalue weighted by atomic mass is 32.2. The molecule has 1 saturated heterocycles. The Bertz CT molecular complexity index is 1690. The highest BCUT2D eigenvalue weighted by molar-refractivity contribution is 7.99. The van der Waals surface area contributed by atoms with Crippen molar-refractivity contribution in [1.82, 2.24) is 5.32 Å². The van der Waals surface area contributed by atoms with Crippen LogP contribution in [-0.4, -0.2) is 33.9 Å². The summed E-state index contributed by atoms with van der Waals surface area (Å²) in [6, 6.07) is 20.3. The van der Waals surface area contributed by atoms with E-state index in [-0.39, 0.29) is 30.9 Å². The Hall–Kier alpha value is -4.30. The largest absolute Gasteiger partial charge is 0.478 e. The first-order valence-electron chi connectivity index (χ1n) is 13.9. The fourth-order valence-corrected chi connectivity index (χ4v) is 5.69. The summed E-state index contributed by atoms with van der Waals surface area (Å²) < 4.78 is 81.0. The molecule has 1 aliphatic rings. The minimum absolute atomic E-state index is 0.105. The number of carboxylic acid groups (broad SMARTS) is 1. The maximum atomic E-state index is 14.0. The summed E-state index contributed by atoms with van der Waals surface area (Å²) in [6.07, 6.45) is -0.956. The summed E-state index contributed by atoms with van der Waals surface area (Å²) in [7, 11) is 0. The van der Waals surface area contributed by atoms with Gasteiger partial charge in [-0.05, 0) is 41.0 Å². The SMILES string of the molecule is O=C(O)c1ccc(SC[C@H]2C[C@@H](c3ccc(CO)cc3)O[C@@H](c3ccc(CNC(=O)c4c(F)c(F)c(F)c(F)c4F)cc3)O2)cc1. The van der Waals surface area contributed by atoms with Crippen LogP contribution < -0.4 is 5.32 Å². The van der Waals surface area contributed by atoms with Crippen LogP contribution in [0.15, 0.2) is 77.7 Å². The van der Waals surface area contributed by atoms with Crippen molar-refractivity contribution in [2.24, 2.45) is 0 Å². The molecule has 0 bridgehead atoms. The summed E-state index contributed by atoms with van der Waals surface area (Å²) in [5.74, 6) is -13.2. The fraction of sp³-hybridized carbons (Fsp3) is 0.212. The van der Waals surface area contributed by atoms with Crippen molar-refractivity contribution in [2.75, 3.05) is 5.75 Å². The lowest BCUT2D eigenvalue weighted by Crippen LogP contribution is -2.31. The second kappa shape index (κ2) is 14.4. The molecule has 0 radical (unpaired) electrons. The van der Waals surface area contributed by atoms with Crippen LogP contribution in [-0.2, 0) is 22.6 Å². The van der Waals surface area contributed by atoms with Crippen molar-refractivity contribution in [1.29, 1.82) is 0 Å². The quantitative estimate of drug-likeness (QED) is 0.0741. The summed E-state index contributed by atoms with van der Waals surface area (Å²) in [4.78, 5) is 24.3. The number of aliphatic hydroxyl groups is 1. The first-order valence-corrected chi connectivity index (χ1v) is 14.9. The fourth-order valence-electron chi connectivity index (χ4n) is 4.77. The minimum Gasteiger partial charge on any atom is -0.478 e. The van der Waals surface area contributed by atoms with Crippen molar-refractivity contribution in [3.05, 3.63) is 135 Å². The molecule has 1 amide bonds. The lowest BCUT2D eigenvalue weighted by atomic mass is 10.0. The van der Waals surface area contributed by atoms with Crippen LogP contribution in [0.5, 0.6) is 0 Å². The van der Waals surface area contributed by atoms with E-state index in [1.165, 1.54) is 23.9 Å². The third kappa shape index (κ3) is 7.39. The van der Waals surface area contributed by atoms with E-state index in [2.05, 4.69) is 5.32 Å². The Morgan fingerprint density at radius 2 is 1.33 bits per heavy atom. The maximum Gasteiger partial charge on any atom is 0.335 e. The first kappa shape index (κ1) is 33.1. The smallest absolute Gasteiger partial charge is 0.335 e. The van der Waals surface area contributed by atoms with Crippen molar-refractivity contribution in [3.8, 4) is 0 Å². The highest BCUT2D eigenvalue weighted by Gasteiger charge is 2.33. The predicted molar refractivity (Wildman–Crippen MR) is 156 cm³/mol. The average Bonchev–Trinajstić information content (AvgIpc) is 3.08. The molecule has 1 fully saturated rings. The van der Waals surface area contributed by atoms with Crippen LogP contribution >= 0.6 is 11.8 Å². The van der Waals surface area contributed by atoms with E-state index in [1.54, 1.807) is 48.5 Å². The number of aromatic carboxylic acids is 1. The summed E-state index contributed by atoms with van der Waals surface area (Å²) in [5.41, 5.74) is 1.30. The number of hydrogen-bond acceptors (Lipinski definition) is 6. The van der Waals surface area contributed by atoms with E-state index in [4.69, 9.17) is 14.6 Å². The summed E-state index contributed by atoms with van der Waals surface area (Å²) in [6.45, 7) is -0.378. The van der Waals surface area contributed by atoms with Gasteiger partial charge in [0.25, 0.3) is 5.91 Å². The zero-order chi connectivity index (χ0) is 33.0. The summed E-state index contributed by atoms with van der Waals surface area (Å²) in [5, 5.41) is 20.7. The van der Waals surface area contributed by atoms with E-state index >= 15 is 0 Å². The van der Waals surface area contributed by atoms with Gasteiger partial charge in [0.15, 0.2) is 29.6 Å². The molecule has 240 valence electrons. The number of aliphatic hydroxyl groups excluding tert-OH is 1. The molecule has 1 heterocycles. The van der Waals surface area contributed by atoms with Gasteiger partial charge >= 0.3 is 5.97 Å². The zero-order valence-electron chi connectivity index (χ0n) is 23.8. The number of ether oxygens (including phenoxy) is 2. The minimum atomic E-state index is -2.35. The molecular weight excluding hydrogens is 633 g/mol. The van der Waals surface area contributed by atoms with Crippen LogP contribution in [0.3, 0.4) is 0 Å². The Morgan fingerprint density at radius 3 is 1.91 bits per heavy atom. The van der Waals surface area contributed by atoms with Gasteiger partial charge in [-0.2, -0.15) is 0 Å². The molecule has 0 unspecified atom stereocenters. The Labute approximate surface area is 264 Å². The Balaban J connectivity index is 1.28. The van der Waals surface area contributed by atoms with Crippen molar-refractivity contribution in [2.45, 2.75) is 43.0 Å². The van der Waals surface area contributed by atoms with E-state index in [0.717, 1.165) is 16.0 Å². The van der Waals surface area contributed by atoms with E-state index < -0.39 is 52.8 Å². The number of carbonyl (C=O) groups is 2. The topological polar surface area (TPSA) is 105 Å². The molecule has 0 spiro atoms. The Kier molecular flexibility index (Phi) is 10.4. The van der Waals surface area contributed by atoms with Crippen LogP contribution in [0, 0.1) is 29.1 Å². The number of benzene rings is 4. The molecule has 0 aliphatic carbocycles. The number of amides is 1. The number of carboxylic acids is 1. The second-order valence-electron chi connectivity index (χ2n) is 10.4. The van der Waals surface area contributed by atoms with E-state index in [0.29, 0.717) is 23.3 Å². The van der Waals surface area contributed by atoms with Gasteiger partial charge in [0.1, 0.15) is 5.56 Å².